The van der Waals surface area contributed by atoms with Gasteiger partial charge in [-0.05, 0) is 0 Å². The van der Waals surface area contributed by atoms with Crippen LogP contribution >= 0.6 is 0 Å². The van der Waals surface area contributed by atoms with Crippen LogP contribution in [0.2, 0.25) is 0 Å². The van der Waals surface area contributed by atoms with Crippen molar-refractivity contribution in [3.63, 3.8) is 0 Å². The van der Waals surface area contributed by atoms with Crippen molar-refractivity contribution in [2.45, 2.75) is 41.9 Å². The first-order valence-corrected chi connectivity index (χ1v) is 27.9. The predicted octanol–water partition coefficient (Wildman–Crippen LogP) is 4.72. The Kier molecular flexibility index (Phi) is 18.1. The molecule has 1 atom stereocenters. The Morgan fingerprint density at radius 2 is 0.500 bits per heavy atom. The molecule has 362 valence electrons. The van der Waals surface area contributed by atoms with Crippen molar-refractivity contribution >= 4 is 29.7 Å². The van der Waals surface area contributed by atoms with E-state index < -0.39 is 11.4 Å². The van der Waals surface area contributed by atoms with Crippen LogP contribution in [0, 0.1) is 0 Å². The van der Waals surface area contributed by atoms with Crippen molar-refractivity contribution in [3.8, 4) is 0 Å². The molecular weight excluding hydrogens is 1010 g/mol. The number of hydrogen-bond donors (Lipinski definition) is 0. The van der Waals surface area contributed by atoms with Gasteiger partial charge in [0.2, 0.25) is 0 Å². The van der Waals surface area contributed by atoms with Crippen LogP contribution in [-0.2, 0) is 62.3 Å². The number of allylic oxidation sites excluding steroid dienone is 1. The van der Waals surface area contributed by atoms with E-state index in [4.69, 9.17) is 0 Å². The van der Waals surface area contributed by atoms with Gasteiger partial charge in [-0.15, -0.1) is 0 Å². The first-order valence-electron chi connectivity index (χ1n) is 25.1. The van der Waals surface area contributed by atoms with Gasteiger partial charge in [0, 0.05) is 0 Å². The molecule has 0 bridgehead atoms. The summed E-state index contributed by atoms with van der Waals surface area (Å²) in [7, 11) is -3.34. The molecule has 1 aliphatic rings. The minimum absolute atomic E-state index is 0. The molecule has 5 heteroatoms. The molecule has 74 heavy (non-hydrogen) atoms. The molecule has 0 N–H and O–H groups in total. The van der Waals surface area contributed by atoms with E-state index in [-0.39, 0.29) is 37.2 Å². The zero-order valence-electron chi connectivity index (χ0n) is 41.4. The monoisotopic (exact) mass is 1070 g/mol. The molecule has 10 aromatic rings. The summed E-state index contributed by atoms with van der Waals surface area (Å²) in [4.78, 5) is 0. The van der Waals surface area contributed by atoms with E-state index in [1.807, 2.05) is 0 Å². The molecular formula is C69H57Cl3SiTi. The van der Waals surface area contributed by atoms with Crippen LogP contribution in [0.25, 0.3) is 6.08 Å². The Balaban J connectivity index is 0.00000243. The summed E-state index contributed by atoms with van der Waals surface area (Å²) in [5, 5.41) is 4.35. The molecule has 0 spiro atoms. The molecule has 0 nitrogen and oxygen atoms in total. The second kappa shape index (κ2) is 24.8. The molecule has 0 fully saturated rings. The molecule has 10 aromatic carbocycles. The van der Waals surface area contributed by atoms with Gasteiger partial charge >= 0.3 is 437 Å². The van der Waals surface area contributed by atoms with Crippen molar-refractivity contribution < 1.29 is 57.7 Å². The Morgan fingerprint density at radius 1 is 0.270 bits per heavy atom. The number of hydrogen-bond acceptors (Lipinski definition) is 0. The van der Waals surface area contributed by atoms with E-state index in [0.717, 1.165) is 38.5 Å². The fourth-order valence-corrected chi connectivity index (χ4v) is 19.6. The number of rotatable bonds is 16. The van der Waals surface area contributed by atoms with Crippen molar-refractivity contribution in [3.05, 3.63) is 345 Å². The van der Waals surface area contributed by atoms with Crippen LogP contribution in [0.1, 0.15) is 77.9 Å². The fraction of sp³-hybridized carbons (Fsp3) is 0.101. The molecule has 11 rings (SSSR count). The van der Waals surface area contributed by atoms with E-state index in [1.54, 1.807) is 0 Å². The van der Waals surface area contributed by atoms with Gasteiger partial charge in [-0.1, -0.05) is 0 Å². The van der Waals surface area contributed by atoms with E-state index >= 15 is 0 Å². The topological polar surface area (TPSA) is 0 Å². The van der Waals surface area contributed by atoms with Gasteiger partial charge in [-0.25, -0.2) is 0 Å². The summed E-state index contributed by atoms with van der Waals surface area (Å²) in [5.41, 5.74) is 18.8. The molecule has 1 aliphatic carbocycles. The summed E-state index contributed by atoms with van der Waals surface area (Å²) >= 11 is 2.60. The standard InChI is InChI=1S/C69H57Si.3ClH.Ti/c1-7-21-52(22-8-1)37-58-43-59(38-53-23-9-2-10-24-53)47-65(46-58)70(69-36-35-64-33-19-20-34-68(64)69,66-48-60(39-54-25-11-3-12-26-54)44-61(49-66)40-55-27-13-4-14-28-55)67-50-62(41-56-29-15-5-16-30-56)45-63(51-67)42-57-31-17-6-18-32-57;;;;/h1-36,43-51H,37-42H2;3*1H;/q;;;;+3/p-3. The van der Waals surface area contributed by atoms with Crippen molar-refractivity contribution in [2.75, 3.05) is 0 Å². The molecule has 0 aliphatic heterocycles. The van der Waals surface area contributed by atoms with E-state index in [1.165, 1.54) is 93.4 Å². The minimum atomic E-state index is -3.34. The Morgan fingerprint density at radius 3 is 0.757 bits per heavy atom. The second-order valence-electron chi connectivity index (χ2n) is 19.6. The van der Waals surface area contributed by atoms with E-state index in [0.29, 0.717) is 0 Å². The zero-order valence-corrected chi connectivity index (χ0v) is 46.2. The van der Waals surface area contributed by atoms with Crippen LogP contribution in [0.4, 0.5) is 0 Å². The molecule has 1 unspecified atom stereocenters. The predicted molar refractivity (Wildman–Crippen MR) is 297 cm³/mol. The molecule has 0 saturated carbocycles. The van der Waals surface area contributed by atoms with Crippen molar-refractivity contribution in [1.82, 2.24) is 0 Å². The van der Waals surface area contributed by atoms with Gasteiger partial charge in [0.15, 0.2) is 0 Å². The normalized spacial score (nSPS) is 13.5. The molecule has 0 heterocycles. The van der Waals surface area contributed by atoms with E-state index in [2.05, 4.69) is 293 Å². The third kappa shape index (κ3) is 12.0. The van der Waals surface area contributed by atoms with Gasteiger partial charge in [-0.2, -0.15) is 0 Å². The molecule has 0 saturated heterocycles. The summed E-state index contributed by atoms with van der Waals surface area (Å²) in [6, 6.07) is 99.1. The molecule has 0 amide bonds. The maximum absolute atomic E-state index is 3.34. The second-order valence-corrected chi connectivity index (χ2v) is 25.6. The van der Waals surface area contributed by atoms with Crippen molar-refractivity contribution in [1.29, 1.82) is 0 Å². The SMILES string of the molecule is [Cl-].[Cl-].[Cl-].[Ti+3][C]1([Si](c2cc(Cc3ccccc3)cc(Cc3ccccc3)c2)(c2cc(Cc3ccccc3)cc(Cc3ccccc3)c2)c2cc(Cc3ccccc3)cc(Cc3ccccc3)c2)C=Cc2ccccc21. The van der Waals surface area contributed by atoms with Crippen LogP contribution in [0.5, 0.6) is 0 Å². The summed E-state index contributed by atoms with van der Waals surface area (Å²) in [5.74, 6) is 0. The molecule has 0 radical (unpaired) electrons. The Bertz CT molecular complexity index is 2930. The fourth-order valence-electron chi connectivity index (χ4n) is 11.4. The first kappa shape index (κ1) is 54.0. The van der Waals surface area contributed by atoms with Crippen LogP contribution in [0.15, 0.2) is 267 Å². The zero-order chi connectivity index (χ0) is 47.9. The number of benzene rings is 10. The van der Waals surface area contributed by atoms with Crippen LogP contribution < -0.4 is 52.8 Å². The summed E-state index contributed by atoms with van der Waals surface area (Å²) in [6.45, 7) is 0. The van der Waals surface area contributed by atoms with E-state index in [9.17, 15) is 0 Å². The number of fused-ring (bicyclic) bond motifs is 1. The molecule has 0 aromatic heterocycles. The van der Waals surface area contributed by atoms with Gasteiger partial charge in [-0.3, -0.25) is 0 Å². The average Bonchev–Trinajstić information content (AvgIpc) is 3.75. The van der Waals surface area contributed by atoms with Crippen molar-refractivity contribution in [2.24, 2.45) is 0 Å². The summed E-state index contributed by atoms with van der Waals surface area (Å²) < 4.78 is -0.399. The summed E-state index contributed by atoms with van der Waals surface area (Å²) in [6.07, 6.45) is 10.2. The maximum atomic E-state index is 2.65. The Labute approximate surface area is 470 Å². The van der Waals surface area contributed by atoms with Crippen LogP contribution in [0.3, 0.4) is 0 Å². The average molecular weight is 1070 g/mol. The van der Waals surface area contributed by atoms with Crippen LogP contribution in [-0.4, -0.2) is 8.07 Å². The third-order valence-electron chi connectivity index (χ3n) is 14.5. The quantitative estimate of drug-likeness (QED) is 0.0973. The third-order valence-corrected chi connectivity index (χ3v) is 22.0. The van der Waals surface area contributed by atoms with Gasteiger partial charge in [0.1, 0.15) is 0 Å². The number of halogens is 3. The van der Waals surface area contributed by atoms with Gasteiger partial charge in [0.25, 0.3) is 0 Å². The Hall–Kier alpha value is -6.26. The van der Waals surface area contributed by atoms with Gasteiger partial charge < -0.3 is 37.2 Å². The first-order chi connectivity index (χ1) is 35.0. The van der Waals surface area contributed by atoms with Gasteiger partial charge in [0.05, 0.1) is 0 Å².